The molecule has 154 valence electrons. The number of aryl methyl sites for hydroxylation is 1. The van der Waals surface area contributed by atoms with Gasteiger partial charge in [-0.1, -0.05) is 60.2 Å². The Hall–Kier alpha value is -4.62. The van der Waals surface area contributed by atoms with Gasteiger partial charge in [0.15, 0.2) is 5.69 Å². The largest absolute Gasteiger partial charge is 0.254 e. The Kier molecular flexibility index (Phi) is 4.34. The molecule has 4 heteroatoms. The van der Waals surface area contributed by atoms with E-state index in [1.165, 1.54) is 5.56 Å². The normalized spacial score (nSPS) is 11.2. The summed E-state index contributed by atoms with van der Waals surface area (Å²) in [6, 6.07) is 26.4. The van der Waals surface area contributed by atoms with Gasteiger partial charge in [0.25, 0.3) is 0 Å². The van der Waals surface area contributed by atoms with Crippen molar-refractivity contribution in [3.8, 4) is 22.4 Å². The van der Waals surface area contributed by atoms with Crippen LogP contribution >= 0.6 is 0 Å². The molecule has 0 amide bonds. The molecule has 4 nitrogen and oxygen atoms in total. The first kappa shape index (κ1) is 19.1. The van der Waals surface area contributed by atoms with Crippen LogP contribution in [0.3, 0.4) is 0 Å². The fourth-order valence-corrected chi connectivity index (χ4v) is 4.39. The number of hydrogen-bond donors (Lipinski definition) is 0. The van der Waals surface area contributed by atoms with Crippen LogP contribution in [0.2, 0.25) is 0 Å². The number of aromatic nitrogens is 3. The van der Waals surface area contributed by atoms with E-state index in [-0.39, 0.29) is 0 Å². The van der Waals surface area contributed by atoms with Gasteiger partial charge in [0, 0.05) is 34.1 Å². The predicted octanol–water partition coefficient (Wildman–Crippen LogP) is 7.52. The summed E-state index contributed by atoms with van der Waals surface area (Å²) in [7, 11) is 0. The van der Waals surface area contributed by atoms with Gasteiger partial charge in [-0.15, -0.1) is 0 Å². The molecule has 0 radical (unpaired) electrons. The summed E-state index contributed by atoms with van der Waals surface area (Å²) < 4.78 is 0. The van der Waals surface area contributed by atoms with Gasteiger partial charge in [-0.25, -0.2) is 9.83 Å². The molecule has 0 unspecified atom stereocenters. The molecule has 6 rings (SSSR count). The van der Waals surface area contributed by atoms with E-state index in [9.17, 15) is 0 Å². The summed E-state index contributed by atoms with van der Waals surface area (Å²) in [4.78, 5) is 18.1. The van der Waals surface area contributed by atoms with E-state index >= 15 is 0 Å². The van der Waals surface area contributed by atoms with Crippen LogP contribution in [-0.2, 0) is 0 Å². The molecule has 0 spiro atoms. The Morgan fingerprint density at radius 2 is 1.30 bits per heavy atom. The monoisotopic (exact) mass is 422 g/mol. The minimum absolute atomic E-state index is 0.614. The number of benzene rings is 3. The highest BCUT2D eigenvalue weighted by Gasteiger charge is 2.17. The van der Waals surface area contributed by atoms with Crippen molar-refractivity contribution >= 4 is 38.4 Å². The second kappa shape index (κ2) is 7.51. The van der Waals surface area contributed by atoms with Gasteiger partial charge in [-0.2, -0.15) is 0 Å². The maximum absolute atomic E-state index is 7.29. The van der Waals surface area contributed by atoms with Crippen molar-refractivity contribution in [2.75, 3.05) is 0 Å². The van der Waals surface area contributed by atoms with Gasteiger partial charge < -0.3 is 0 Å². The number of hydrogen-bond acceptors (Lipinski definition) is 3. The lowest BCUT2D eigenvalue weighted by Gasteiger charge is -2.15. The topological polar surface area (TPSA) is 43.0 Å². The summed E-state index contributed by atoms with van der Waals surface area (Å²) in [5, 5.41) is 3.07. The first-order chi connectivity index (χ1) is 16.2. The van der Waals surface area contributed by atoms with Gasteiger partial charge in [-0.3, -0.25) is 9.97 Å². The molecule has 0 bridgehead atoms. The lowest BCUT2D eigenvalue weighted by atomic mass is 9.94. The Labute approximate surface area is 191 Å². The Morgan fingerprint density at radius 3 is 2.00 bits per heavy atom. The van der Waals surface area contributed by atoms with E-state index in [1.807, 2.05) is 42.6 Å². The Bertz CT molecular complexity index is 1710. The van der Waals surface area contributed by atoms with Crippen molar-refractivity contribution in [2.45, 2.75) is 6.92 Å². The fourth-order valence-electron chi connectivity index (χ4n) is 4.39. The molecule has 0 saturated carbocycles. The lowest BCUT2D eigenvalue weighted by molar-refractivity contribution is 1.36. The van der Waals surface area contributed by atoms with Crippen LogP contribution in [0, 0.1) is 13.5 Å². The zero-order valence-electron chi connectivity index (χ0n) is 17.9. The SMILES string of the molecule is [C-]#[N+]c1ccc(-c2nc3c(cc2-c2ccc(C)cc2)c2cccnc2c2ncccc32)cc1. The Morgan fingerprint density at radius 1 is 0.667 bits per heavy atom. The molecular weight excluding hydrogens is 404 g/mol. The molecule has 3 aromatic carbocycles. The molecule has 3 aromatic heterocycles. The average molecular weight is 422 g/mol. The fraction of sp³-hybridized carbons (Fsp3) is 0.0345. The number of rotatable bonds is 2. The molecule has 0 saturated heterocycles. The van der Waals surface area contributed by atoms with Crippen molar-refractivity contribution in [3.63, 3.8) is 0 Å². The van der Waals surface area contributed by atoms with Crippen LogP contribution in [0.1, 0.15) is 5.56 Å². The van der Waals surface area contributed by atoms with Crippen LogP contribution in [0.25, 0.3) is 59.9 Å². The molecule has 0 fully saturated rings. The lowest BCUT2D eigenvalue weighted by Crippen LogP contribution is -1.95. The highest BCUT2D eigenvalue weighted by molar-refractivity contribution is 6.22. The minimum atomic E-state index is 0.614. The summed E-state index contributed by atoms with van der Waals surface area (Å²) >= 11 is 0. The van der Waals surface area contributed by atoms with E-state index in [0.717, 1.165) is 55.1 Å². The molecule has 3 heterocycles. The van der Waals surface area contributed by atoms with Crippen molar-refractivity contribution in [1.29, 1.82) is 0 Å². The minimum Gasteiger partial charge on any atom is -0.254 e. The summed E-state index contributed by atoms with van der Waals surface area (Å²) in [6.45, 7) is 9.38. The molecule has 33 heavy (non-hydrogen) atoms. The van der Waals surface area contributed by atoms with Crippen LogP contribution < -0.4 is 0 Å². The molecule has 6 aromatic rings. The molecule has 0 aliphatic carbocycles. The highest BCUT2D eigenvalue weighted by Crippen LogP contribution is 2.39. The first-order valence-corrected chi connectivity index (χ1v) is 10.7. The van der Waals surface area contributed by atoms with E-state index in [4.69, 9.17) is 11.6 Å². The maximum atomic E-state index is 7.29. The van der Waals surface area contributed by atoms with E-state index < -0.39 is 0 Å². The Balaban J connectivity index is 1.78. The second-order valence-electron chi connectivity index (χ2n) is 8.10. The van der Waals surface area contributed by atoms with E-state index in [0.29, 0.717) is 5.69 Å². The summed E-state index contributed by atoms with van der Waals surface area (Å²) in [5.41, 5.74) is 8.47. The third-order valence-electron chi connectivity index (χ3n) is 6.04. The van der Waals surface area contributed by atoms with Crippen LogP contribution in [0.4, 0.5) is 5.69 Å². The molecular formula is C29H18N4. The van der Waals surface area contributed by atoms with Gasteiger partial charge in [-0.05, 0) is 42.3 Å². The molecule has 0 aliphatic rings. The second-order valence-corrected chi connectivity index (χ2v) is 8.10. The number of pyridine rings is 3. The van der Waals surface area contributed by atoms with Crippen LogP contribution in [-0.4, -0.2) is 15.0 Å². The van der Waals surface area contributed by atoms with Crippen molar-refractivity contribution < 1.29 is 0 Å². The van der Waals surface area contributed by atoms with Crippen molar-refractivity contribution in [2.24, 2.45) is 0 Å². The van der Waals surface area contributed by atoms with Crippen LogP contribution in [0.15, 0.2) is 91.3 Å². The van der Waals surface area contributed by atoms with Crippen LogP contribution in [0.5, 0.6) is 0 Å². The zero-order valence-corrected chi connectivity index (χ0v) is 17.9. The molecule has 0 aliphatic heterocycles. The summed E-state index contributed by atoms with van der Waals surface area (Å²) in [6.07, 6.45) is 3.61. The number of nitrogens with zero attached hydrogens (tertiary/aromatic N) is 4. The maximum Gasteiger partial charge on any atom is 0.187 e. The van der Waals surface area contributed by atoms with Crippen molar-refractivity contribution in [3.05, 3.63) is 108 Å². The zero-order chi connectivity index (χ0) is 22.4. The van der Waals surface area contributed by atoms with E-state index in [2.05, 4.69) is 64.2 Å². The standard InChI is InChI=1S/C29H18N4/c1-18-7-9-19(10-8-18)24-17-25-22-5-3-15-31-28(22)29-23(6-4-16-32-29)27(25)33-26(24)20-11-13-21(30-2)14-12-20/h3-17H,1H3. The van der Waals surface area contributed by atoms with Gasteiger partial charge in [0.2, 0.25) is 0 Å². The molecule has 0 N–H and O–H groups in total. The van der Waals surface area contributed by atoms with Gasteiger partial charge in [0.05, 0.1) is 28.8 Å². The smallest absolute Gasteiger partial charge is 0.187 e. The van der Waals surface area contributed by atoms with E-state index in [1.54, 1.807) is 6.20 Å². The predicted molar refractivity (Wildman–Crippen MR) is 134 cm³/mol. The first-order valence-electron chi connectivity index (χ1n) is 10.7. The number of fused-ring (bicyclic) bond motifs is 6. The van der Waals surface area contributed by atoms with Gasteiger partial charge in [0.1, 0.15) is 0 Å². The third-order valence-corrected chi connectivity index (χ3v) is 6.04. The van der Waals surface area contributed by atoms with Gasteiger partial charge >= 0.3 is 0 Å². The summed E-state index contributed by atoms with van der Waals surface area (Å²) in [5.74, 6) is 0. The third kappa shape index (κ3) is 3.10. The molecule has 0 atom stereocenters. The average Bonchev–Trinajstić information content (AvgIpc) is 2.89. The van der Waals surface area contributed by atoms with Crippen molar-refractivity contribution in [1.82, 2.24) is 15.0 Å². The quantitative estimate of drug-likeness (QED) is 0.214. The highest BCUT2D eigenvalue weighted by atomic mass is 14.8.